The lowest BCUT2D eigenvalue weighted by molar-refractivity contribution is -0.292. The summed E-state index contributed by atoms with van der Waals surface area (Å²) < 4.78 is 16.5. The van der Waals surface area contributed by atoms with E-state index in [0.29, 0.717) is 6.10 Å². The third kappa shape index (κ3) is 0.751. The Bertz CT molecular complexity index is 105. The molecule has 0 aromatic heterocycles. The molecule has 4 heteroatoms. The zero-order valence-electron chi connectivity index (χ0n) is 5.53. The van der Waals surface area contributed by atoms with Crippen molar-refractivity contribution in [2.45, 2.75) is 25.1 Å². The molecule has 4 saturated heterocycles. The quantitative estimate of drug-likeness (QED) is 0.492. The topological polar surface area (TPSA) is 27.7 Å². The van der Waals surface area contributed by atoms with Crippen LogP contribution >= 0.6 is 8.15 Å². The van der Waals surface area contributed by atoms with Crippen molar-refractivity contribution in [2.75, 3.05) is 12.3 Å². The highest BCUT2D eigenvalue weighted by Gasteiger charge is 2.45. The van der Waals surface area contributed by atoms with Crippen molar-refractivity contribution in [3.05, 3.63) is 0 Å². The van der Waals surface area contributed by atoms with E-state index in [1.54, 1.807) is 0 Å². The second-order valence-electron chi connectivity index (χ2n) is 2.94. The smallest absolute Gasteiger partial charge is 0.167 e. The third-order valence-electron chi connectivity index (χ3n) is 2.13. The van der Waals surface area contributed by atoms with E-state index in [-0.39, 0.29) is 20.7 Å². The fraction of sp³-hybridized carbons (Fsp3) is 1.00. The Balaban J connectivity index is 1.90. The molecular formula is C6H9O3P. The molecule has 4 fully saturated rings. The molecular weight excluding hydrogens is 151 g/mol. The van der Waals surface area contributed by atoms with E-state index in [2.05, 4.69) is 0 Å². The maximum atomic E-state index is 5.59. The molecule has 4 unspecified atom stereocenters. The molecule has 0 N–H and O–H groups in total. The van der Waals surface area contributed by atoms with Gasteiger partial charge in [0.05, 0.1) is 6.10 Å². The van der Waals surface area contributed by atoms with Crippen molar-refractivity contribution in [2.24, 2.45) is 0 Å². The molecule has 4 atom stereocenters. The fourth-order valence-corrected chi connectivity index (χ4v) is 3.72. The zero-order chi connectivity index (χ0) is 6.55. The molecule has 4 aliphatic rings. The van der Waals surface area contributed by atoms with E-state index in [9.17, 15) is 0 Å². The van der Waals surface area contributed by atoms with Crippen LogP contribution in [0.25, 0.3) is 0 Å². The lowest BCUT2D eigenvalue weighted by Crippen LogP contribution is -2.50. The lowest BCUT2D eigenvalue weighted by atomic mass is 10.2. The van der Waals surface area contributed by atoms with Crippen molar-refractivity contribution in [3.63, 3.8) is 0 Å². The minimum Gasteiger partial charge on any atom is -0.348 e. The van der Waals surface area contributed by atoms with E-state index < -0.39 is 0 Å². The van der Waals surface area contributed by atoms with Gasteiger partial charge >= 0.3 is 0 Å². The van der Waals surface area contributed by atoms with Crippen LogP contribution in [-0.4, -0.2) is 31.0 Å². The van der Waals surface area contributed by atoms with E-state index in [4.69, 9.17) is 14.0 Å². The Kier molecular flexibility index (Phi) is 1.13. The van der Waals surface area contributed by atoms with Crippen molar-refractivity contribution in [1.82, 2.24) is 0 Å². The van der Waals surface area contributed by atoms with Gasteiger partial charge in [0.15, 0.2) is 12.6 Å². The zero-order valence-corrected chi connectivity index (χ0v) is 6.42. The summed E-state index contributed by atoms with van der Waals surface area (Å²) in [5.41, 5.74) is 0. The third-order valence-corrected chi connectivity index (χ3v) is 4.18. The molecule has 0 saturated carbocycles. The maximum absolute atomic E-state index is 5.59. The van der Waals surface area contributed by atoms with Gasteiger partial charge in [0.1, 0.15) is 0 Å². The molecule has 0 aliphatic carbocycles. The summed E-state index contributed by atoms with van der Waals surface area (Å²) in [5.74, 6) is 0. The molecule has 0 spiro atoms. The molecule has 0 amide bonds. The first-order chi connectivity index (χ1) is 4.90. The monoisotopic (exact) mass is 160 g/mol. The maximum Gasteiger partial charge on any atom is 0.167 e. The lowest BCUT2D eigenvalue weighted by Gasteiger charge is -2.48. The Morgan fingerprint density at radius 3 is 2.80 bits per heavy atom. The minimum absolute atomic E-state index is 0.0809. The molecule has 3 nitrogen and oxygen atoms in total. The Labute approximate surface area is 60.5 Å². The van der Waals surface area contributed by atoms with Gasteiger partial charge in [0.25, 0.3) is 0 Å². The molecule has 0 radical (unpaired) electrons. The highest BCUT2D eigenvalue weighted by atomic mass is 31.1. The second kappa shape index (κ2) is 1.92. The number of hydrogen-bond acceptors (Lipinski definition) is 3. The average molecular weight is 160 g/mol. The van der Waals surface area contributed by atoms with Crippen LogP contribution in [0.4, 0.5) is 0 Å². The van der Waals surface area contributed by atoms with Gasteiger partial charge in [-0.3, -0.25) is 0 Å². The Morgan fingerprint density at radius 2 is 2.10 bits per heavy atom. The van der Waals surface area contributed by atoms with E-state index in [0.717, 1.165) is 18.7 Å². The van der Waals surface area contributed by atoms with E-state index in [1.165, 1.54) is 0 Å². The Morgan fingerprint density at radius 1 is 1.10 bits per heavy atom. The van der Waals surface area contributed by atoms with Crippen molar-refractivity contribution >= 4 is 8.15 Å². The summed E-state index contributed by atoms with van der Waals surface area (Å²) in [7, 11) is -0.162. The molecule has 0 aromatic carbocycles. The number of ether oxygens (including phenoxy) is 2. The van der Waals surface area contributed by atoms with E-state index >= 15 is 0 Å². The van der Waals surface area contributed by atoms with Gasteiger partial charge in [-0.15, -0.1) is 0 Å². The van der Waals surface area contributed by atoms with Gasteiger partial charge in [0, 0.05) is 26.9 Å². The van der Waals surface area contributed by atoms with Gasteiger partial charge in [0.2, 0.25) is 0 Å². The van der Waals surface area contributed by atoms with Crippen LogP contribution in [0.2, 0.25) is 0 Å². The van der Waals surface area contributed by atoms with E-state index in [1.807, 2.05) is 0 Å². The predicted octanol–water partition coefficient (Wildman–Crippen LogP) is 0.885. The van der Waals surface area contributed by atoms with Crippen LogP contribution in [0.5, 0.6) is 0 Å². The molecule has 4 rings (SSSR count). The van der Waals surface area contributed by atoms with Crippen LogP contribution < -0.4 is 0 Å². The van der Waals surface area contributed by atoms with Crippen LogP contribution in [0, 0.1) is 0 Å². The van der Waals surface area contributed by atoms with Crippen molar-refractivity contribution in [1.29, 1.82) is 0 Å². The molecule has 10 heavy (non-hydrogen) atoms. The standard InChI is InChI=1S/C6H9O3P/c1-4-2-10-3-6(7-4)8-5(1)9-10/h4-6H,1-3H2. The van der Waals surface area contributed by atoms with Crippen LogP contribution in [0.1, 0.15) is 6.42 Å². The Hall–Kier alpha value is 0.310. The van der Waals surface area contributed by atoms with Crippen LogP contribution in [0.3, 0.4) is 0 Å². The highest BCUT2D eigenvalue weighted by molar-refractivity contribution is 7.52. The van der Waals surface area contributed by atoms with Crippen molar-refractivity contribution < 1.29 is 14.0 Å². The summed E-state index contributed by atoms with van der Waals surface area (Å²) in [6.07, 6.45) is 3.72. The highest BCUT2D eigenvalue weighted by Crippen LogP contribution is 2.53. The summed E-state index contributed by atoms with van der Waals surface area (Å²) in [6.45, 7) is 0. The van der Waals surface area contributed by atoms with Crippen molar-refractivity contribution in [3.8, 4) is 0 Å². The molecule has 0 aromatic rings. The SMILES string of the molecule is C1C2CP3CC(O2)OC1O3. The first-order valence-corrected chi connectivity index (χ1v) is 5.26. The molecule has 4 heterocycles. The van der Waals surface area contributed by atoms with Gasteiger partial charge in [-0.1, -0.05) is 0 Å². The summed E-state index contributed by atoms with van der Waals surface area (Å²) in [5, 5.41) is 0. The summed E-state index contributed by atoms with van der Waals surface area (Å²) in [6, 6.07) is 0. The largest absolute Gasteiger partial charge is 0.348 e. The van der Waals surface area contributed by atoms with Gasteiger partial charge in [-0.2, -0.15) is 0 Å². The van der Waals surface area contributed by atoms with Crippen LogP contribution in [-0.2, 0) is 14.0 Å². The molecule has 56 valence electrons. The second-order valence-corrected chi connectivity index (χ2v) is 4.85. The van der Waals surface area contributed by atoms with Gasteiger partial charge in [-0.05, 0) is 0 Å². The first kappa shape index (κ1) is 5.90. The van der Waals surface area contributed by atoms with Crippen LogP contribution in [0.15, 0.2) is 0 Å². The molecule has 4 aliphatic heterocycles. The fourth-order valence-electron chi connectivity index (χ4n) is 1.73. The predicted molar refractivity (Wildman–Crippen MR) is 35.9 cm³/mol. The van der Waals surface area contributed by atoms with Gasteiger partial charge in [-0.25, -0.2) is 0 Å². The minimum atomic E-state index is -0.162. The number of rotatable bonds is 0. The average Bonchev–Trinajstić information content (AvgIpc) is 1.82. The summed E-state index contributed by atoms with van der Waals surface area (Å²) >= 11 is 0. The summed E-state index contributed by atoms with van der Waals surface area (Å²) in [4.78, 5) is 0. The number of hydrogen-bond donors (Lipinski definition) is 0. The molecule has 4 bridgehead atoms. The van der Waals surface area contributed by atoms with Gasteiger partial charge < -0.3 is 14.0 Å². The first-order valence-electron chi connectivity index (χ1n) is 3.63. The normalized spacial score (nSPS) is 57.6.